The number of benzene rings is 3. The van der Waals surface area contributed by atoms with E-state index in [1.165, 1.54) is 30.3 Å². The van der Waals surface area contributed by atoms with Gasteiger partial charge in [-0.1, -0.05) is 18.2 Å². The van der Waals surface area contributed by atoms with Crippen molar-refractivity contribution in [3.8, 4) is 5.75 Å². The Morgan fingerprint density at radius 1 is 1.07 bits per heavy atom. The van der Waals surface area contributed by atoms with Crippen molar-refractivity contribution in [2.24, 2.45) is 0 Å². The first-order valence-electron chi connectivity index (χ1n) is 9.06. The van der Waals surface area contributed by atoms with E-state index in [-0.39, 0.29) is 21.9 Å². The number of nitrogen functional groups attached to an aromatic ring is 1. The van der Waals surface area contributed by atoms with Crippen LogP contribution in [0.1, 0.15) is 17.3 Å². The molecular weight excluding hydrogens is 406 g/mol. The summed E-state index contributed by atoms with van der Waals surface area (Å²) in [6, 6.07) is 19.1. The average Bonchev–Trinajstić information content (AvgIpc) is 2.74. The van der Waals surface area contributed by atoms with Crippen molar-refractivity contribution in [2.75, 3.05) is 17.2 Å². The van der Waals surface area contributed by atoms with Crippen LogP contribution >= 0.6 is 0 Å². The van der Waals surface area contributed by atoms with Gasteiger partial charge in [0.25, 0.3) is 10.0 Å². The lowest BCUT2D eigenvalue weighted by molar-refractivity contribution is 0.0697. The molecule has 0 radical (unpaired) electrons. The van der Waals surface area contributed by atoms with Crippen molar-refractivity contribution >= 4 is 33.1 Å². The number of nitrogens with zero attached hydrogens (tertiary/aromatic N) is 1. The Hall–Kier alpha value is -3.56. The van der Waals surface area contributed by atoms with E-state index in [9.17, 15) is 18.3 Å². The Morgan fingerprint density at radius 3 is 2.33 bits per heavy atom. The van der Waals surface area contributed by atoms with Crippen LogP contribution in [0.5, 0.6) is 5.75 Å². The van der Waals surface area contributed by atoms with E-state index in [2.05, 4.69) is 4.89 Å². The monoisotopic (exact) mass is 427 g/mol. The Bertz CT molecular complexity index is 1130. The van der Waals surface area contributed by atoms with Crippen LogP contribution in [0.15, 0.2) is 77.7 Å². The molecule has 0 aromatic heterocycles. The summed E-state index contributed by atoms with van der Waals surface area (Å²) >= 11 is 0. The van der Waals surface area contributed by atoms with Crippen molar-refractivity contribution in [1.29, 1.82) is 0 Å². The van der Waals surface area contributed by atoms with E-state index in [4.69, 9.17) is 10.6 Å². The highest BCUT2D eigenvalue weighted by molar-refractivity contribution is 7.89. The van der Waals surface area contributed by atoms with E-state index < -0.39 is 16.0 Å². The van der Waals surface area contributed by atoms with Gasteiger partial charge in [-0.2, -0.15) is 0 Å². The quantitative estimate of drug-likeness (QED) is 0.372. The first kappa shape index (κ1) is 21.2. The van der Waals surface area contributed by atoms with E-state index in [0.717, 1.165) is 5.69 Å². The number of para-hydroxylation sites is 1. The van der Waals surface area contributed by atoms with Gasteiger partial charge >= 0.3 is 5.97 Å². The standard InChI is InChI=1S/C21H21N3O5S/c1-2-24(17-6-4-3-5-7-17)19-14-15(21(25)26)8-13-20(19)30(27,28)23-29-18-11-9-16(22)10-12-18/h3-14,23H,2,22H2,1H3,(H,25,26). The smallest absolute Gasteiger partial charge is 0.335 e. The zero-order chi connectivity index (χ0) is 21.7. The van der Waals surface area contributed by atoms with Gasteiger partial charge in [0.15, 0.2) is 0 Å². The minimum Gasteiger partial charge on any atom is -0.478 e. The van der Waals surface area contributed by atoms with Crippen molar-refractivity contribution in [3.63, 3.8) is 0 Å². The number of aromatic carboxylic acids is 1. The van der Waals surface area contributed by atoms with Crippen LogP contribution in [-0.4, -0.2) is 26.0 Å². The molecule has 0 aliphatic rings. The van der Waals surface area contributed by atoms with Crippen LogP contribution in [0.25, 0.3) is 0 Å². The molecule has 0 spiro atoms. The number of carbonyl (C=O) groups is 1. The molecule has 0 bridgehead atoms. The lowest BCUT2D eigenvalue weighted by Gasteiger charge is -2.26. The highest BCUT2D eigenvalue weighted by Gasteiger charge is 2.24. The number of anilines is 3. The topological polar surface area (TPSA) is 122 Å². The Balaban J connectivity index is 2.02. The molecule has 0 unspecified atom stereocenters. The van der Waals surface area contributed by atoms with Crippen molar-refractivity contribution in [3.05, 3.63) is 78.4 Å². The fraction of sp³-hybridized carbons (Fsp3) is 0.0952. The van der Waals surface area contributed by atoms with Crippen molar-refractivity contribution < 1.29 is 23.2 Å². The molecule has 0 heterocycles. The number of nitrogens with one attached hydrogen (secondary N) is 1. The first-order chi connectivity index (χ1) is 14.3. The van der Waals surface area contributed by atoms with Gasteiger partial charge in [-0.25, -0.2) is 13.2 Å². The van der Waals surface area contributed by atoms with Gasteiger partial charge in [0.1, 0.15) is 10.6 Å². The SMILES string of the molecule is CCN(c1ccccc1)c1cc(C(=O)O)ccc1S(=O)(=O)NOc1ccc(N)cc1. The molecule has 0 fully saturated rings. The maximum atomic E-state index is 13.0. The molecule has 0 atom stereocenters. The van der Waals surface area contributed by atoms with E-state index in [1.54, 1.807) is 17.0 Å². The maximum absolute atomic E-state index is 13.0. The number of carboxylic acid groups (broad SMARTS) is 1. The molecule has 4 N–H and O–H groups in total. The summed E-state index contributed by atoms with van der Waals surface area (Å²) in [7, 11) is -4.14. The largest absolute Gasteiger partial charge is 0.478 e. The predicted octanol–water partition coefficient (Wildman–Crippen LogP) is 3.40. The summed E-state index contributed by atoms with van der Waals surface area (Å²) in [5, 5.41) is 9.38. The first-order valence-corrected chi connectivity index (χ1v) is 10.5. The second-order valence-electron chi connectivity index (χ2n) is 6.33. The number of sulfonamides is 1. The fourth-order valence-electron chi connectivity index (χ4n) is 2.87. The van der Waals surface area contributed by atoms with Crippen LogP contribution in [-0.2, 0) is 10.0 Å². The van der Waals surface area contributed by atoms with Gasteiger partial charge in [0.2, 0.25) is 0 Å². The van der Waals surface area contributed by atoms with Crippen LogP contribution in [0.3, 0.4) is 0 Å². The highest BCUT2D eigenvalue weighted by atomic mass is 32.2. The van der Waals surface area contributed by atoms with Gasteiger partial charge < -0.3 is 20.6 Å². The van der Waals surface area contributed by atoms with Gasteiger partial charge in [-0.15, -0.1) is 0 Å². The third-order valence-corrected chi connectivity index (χ3v) is 5.55. The molecule has 3 aromatic rings. The third-order valence-electron chi connectivity index (χ3n) is 4.32. The average molecular weight is 427 g/mol. The summed E-state index contributed by atoms with van der Waals surface area (Å²) < 4.78 is 26.0. The summed E-state index contributed by atoms with van der Waals surface area (Å²) in [6.45, 7) is 2.25. The van der Waals surface area contributed by atoms with Crippen molar-refractivity contribution in [1.82, 2.24) is 4.89 Å². The molecule has 8 nitrogen and oxygen atoms in total. The summed E-state index contributed by atoms with van der Waals surface area (Å²) in [6.07, 6.45) is 0. The van der Waals surface area contributed by atoms with E-state index in [1.807, 2.05) is 37.3 Å². The highest BCUT2D eigenvalue weighted by Crippen LogP contribution is 2.32. The lowest BCUT2D eigenvalue weighted by atomic mass is 10.1. The lowest BCUT2D eigenvalue weighted by Crippen LogP contribution is -2.29. The Kier molecular flexibility index (Phi) is 6.24. The molecule has 0 aliphatic heterocycles. The van der Waals surface area contributed by atoms with Gasteiger partial charge in [-0.05, 0) is 66.4 Å². The third kappa shape index (κ3) is 4.70. The summed E-state index contributed by atoms with van der Waals surface area (Å²) in [5.74, 6) is -0.901. The molecule has 30 heavy (non-hydrogen) atoms. The zero-order valence-electron chi connectivity index (χ0n) is 16.1. The van der Waals surface area contributed by atoms with E-state index in [0.29, 0.717) is 12.2 Å². The van der Waals surface area contributed by atoms with Crippen LogP contribution in [0.2, 0.25) is 0 Å². The Morgan fingerprint density at radius 2 is 1.73 bits per heavy atom. The maximum Gasteiger partial charge on any atom is 0.335 e. The molecule has 0 amide bonds. The molecule has 3 rings (SSSR count). The number of carboxylic acids is 1. The molecule has 0 saturated heterocycles. The van der Waals surface area contributed by atoms with Crippen LogP contribution in [0.4, 0.5) is 17.1 Å². The van der Waals surface area contributed by atoms with Gasteiger partial charge in [-0.3, -0.25) is 0 Å². The number of nitrogens with two attached hydrogens (primary N) is 1. The second kappa shape index (κ2) is 8.85. The van der Waals surface area contributed by atoms with Crippen LogP contribution in [0, 0.1) is 0 Å². The minimum absolute atomic E-state index is 0.0298. The molecule has 3 aromatic carbocycles. The van der Waals surface area contributed by atoms with Crippen LogP contribution < -0.4 is 20.4 Å². The number of hydrogen-bond donors (Lipinski definition) is 3. The normalized spacial score (nSPS) is 11.1. The minimum atomic E-state index is -4.14. The van der Waals surface area contributed by atoms with Gasteiger partial charge in [0.05, 0.1) is 11.3 Å². The molecule has 9 heteroatoms. The zero-order valence-corrected chi connectivity index (χ0v) is 17.0. The summed E-state index contributed by atoms with van der Waals surface area (Å²) in [5.41, 5.74) is 7.04. The van der Waals surface area contributed by atoms with Gasteiger partial charge in [0, 0.05) is 17.9 Å². The fourth-order valence-corrected chi connectivity index (χ4v) is 3.86. The predicted molar refractivity (Wildman–Crippen MR) is 114 cm³/mol. The van der Waals surface area contributed by atoms with E-state index >= 15 is 0 Å². The Labute approximate surface area is 174 Å². The molecule has 0 saturated carbocycles. The summed E-state index contributed by atoms with van der Waals surface area (Å²) in [4.78, 5) is 20.4. The molecule has 0 aliphatic carbocycles. The van der Waals surface area contributed by atoms with Crippen molar-refractivity contribution in [2.45, 2.75) is 11.8 Å². The number of rotatable bonds is 8. The molecular formula is C21H21N3O5S. The number of hydrogen-bond acceptors (Lipinski definition) is 6. The second-order valence-corrected chi connectivity index (χ2v) is 7.94. The molecule has 156 valence electrons.